The predicted octanol–water partition coefficient (Wildman–Crippen LogP) is 2.56. The summed E-state index contributed by atoms with van der Waals surface area (Å²) >= 11 is 0. The summed E-state index contributed by atoms with van der Waals surface area (Å²) in [5, 5.41) is 14.2. The van der Waals surface area contributed by atoms with Gasteiger partial charge in [-0.2, -0.15) is 0 Å². The molecule has 0 aliphatic heterocycles. The second-order valence-electron chi connectivity index (χ2n) is 4.77. The van der Waals surface area contributed by atoms with Gasteiger partial charge in [0.25, 0.3) is 5.69 Å². The van der Waals surface area contributed by atoms with E-state index in [4.69, 9.17) is 0 Å². The lowest BCUT2D eigenvalue weighted by Gasteiger charge is -2.21. The quantitative estimate of drug-likeness (QED) is 0.597. The topological polar surface area (TPSA) is 68.1 Å². The van der Waals surface area contributed by atoms with Crippen LogP contribution in [0.5, 0.6) is 0 Å². The van der Waals surface area contributed by atoms with Gasteiger partial charge in [-0.25, -0.2) is 0 Å². The molecule has 0 fully saturated rings. The summed E-state index contributed by atoms with van der Waals surface area (Å²) < 4.78 is 0. The Labute approximate surface area is 108 Å². The Kier molecular flexibility index (Phi) is 5.71. The maximum atomic E-state index is 10.7. The van der Waals surface area contributed by atoms with Gasteiger partial charge in [0.15, 0.2) is 0 Å². The standard InChI is InChI=1S/C13H21N3O2/c1-4-6-15-13(10(2)3)9-11-8-12(16(17)18)5-7-14-11/h5,7-8,10,13,15H,4,6,9H2,1-3H3. The van der Waals surface area contributed by atoms with Gasteiger partial charge in [0, 0.05) is 36.5 Å². The smallest absolute Gasteiger partial charge is 0.272 e. The fourth-order valence-electron chi connectivity index (χ4n) is 1.79. The summed E-state index contributed by atoms with van der Waals surface area (Å²) in [5.74, 6) is 0.470. The van der Waals surface area contributed by atoms with Gasteiger partial charge < -0.3 is 5.32 Å². The molecule has 0 amide bonds. The molecule has 0 aliphatic rings. The highest BCUT2D eigenvalue weighted by Crippen LogP contribution is 2.14. The summed E-state index contributed by atoms with van der Waals surface area (Å²) in [6, 6.07) is 3.29. The summed E-state index contributed by atoms with van der Waals surface area (Å²) in [5.41, 5.74) is 0.879. The van der Waals surface area contributed by atoms with Gasteiger partial charge in [0.1, 0.15) is 0 Å². The number of pyridine rings is 1. The highest BCUT2D eigenvalue weighted by Gasteiger charge is 2.15. The van der Waals surface area contributed by atoms with Crippen molar-refractivity contribution in [2.24, 2.45) is 5.92 Å². The predicted molar refractivity (Wildman–Crippen MR) is 71.5 cm³/mol. The molecule has 0 aromatic carbocycles. The maximum absolute atomic E-state index is 10.7. The van der Waals surface area contributed by atoms with Crippen LogP contribution in [0.2, 0.25) is 0 Å². The lowest BCUT2D eigenvalue weighted by molar-refractivity contribution is -0.385. The molecule has 0 spiro atoms. The summed E-state index contributed by atoms with van der Waals surface area (Å²) in [7, 11) is 0. The van der Waals surface area contributed by atoms with E-state index in [0.717, 1.165) is 25.1 Å². The minimum atomic E-state index is -0.380. The molecule has 0 saturated carbocycles. The maximum Gasteiger partial charge on any atom is 0.272 e. The van der Waals surface area contributed by atoms with E-state index in [9.17, 15) is 10.1 Å². The van der Waals surface area contributed by atoms with Crippen molar-refractivity contribution in [2.45, 2.75) is 39.7 Å². The molecule has 0 aliphatic carbocycles. The van der Waals surface area contributed by atoms with E-state index in [-0.39, 0.29) is 10.6 Å². The average Bonchev–Trinajstić information content (AvgIpc) is 2.34. The fraction of sp³-hybridized carbons (Fsp3) is 0.615. The number of hydrogen-bond acceptors (Lipinski definition) is 4. The SMILES string of the molecule is CCCNC(Cc1cc([N+](=O)[O-])ccn1)C(C)C. The molecule has 5 heteroatoms. The van der Waals surface area contributed by atoms with E-state index in [1.54, 1.807) is 6.07 Å². The van der Waals surface area contributed by atoms with Crippen molar-refractivity contribution in [1.82, 2.24) is 10.3 Å². The van der Waals surface area contributed by atoms with Crippen molar-refractivity contribution < 1.29 is 4.92 Å². The van der Waals surface area contributed by atoms with Crippen molar-refractivity contribution >= 4 is 5.69 Å². The Hall–Kier alpha value is -1.49. The van der Waals surface area contributed by atoms with Crippen LogP contribution in [0, 0.1) is 16.0 Å². The van der Waals surface area contributed by atoms with Crippen molar-refractivity contribution in [3.63, 3.8) is 0 Å². The van der Waals surface area contributed by atoms with Gasteiger partial charge >= 0.3 is 0 Å². The first-order chi connectivity index (χ1) is 8.54. The van der Waals surface area contributed by atoms with Crippen LogP contribution < -0.4 is 5.32 Å². The van der Waals surface area contributed by atoms with E-state index in [2.05, 4.69) is 31.1 Å². The van der Waals surface area contributed by atoms with Crippen LogP contribution in [0.3, 0.4) is 0 Å². The third-order valence-electron chi connectivity index (χ3n) is 2.90. The first-order valence-corrected chi connectivity index (χ1v) is 6.37. The molecule has 0 radical (unpaired) electrons. The first-order valence-electron chi connectivity index (χ1n) is 6.37. The van der Waals surface area contributed by atoms with Crippen molar-refractivity contribution in [2.75, 3.05) is 6.54 Å². The lowest BCUT2D eigenvalue weighted by atomic mass is 9.98. The Morgan fingerprint density at radius 3 is 2.78 bits per heavy atom. The fourth-order valence-corrected chi connectivity index (χ4v) is 1.79. The number of nitrogens with one attached hydrogen (secondary N) is 1. The monoisotopic (exact) mass is 251 g/mol. The summed E-state index contributed by atoms with van der Waals surface area (Å²) in [4.78, 5) is 14.5. The zero-order valence-electron chi connectivity index (χ0n) is 11.2. The first kappa shape index (κ1) is 14.6. The van der Waals surface area contributed by atoms with Gasteiger partial charge in [-0.05, 0) is 18.9 Å². The van der Waals surface area contributed by atoms with Crippen molar-refractivity contribution in [3.05, 3.63) is 34.1 Å². The van der Waals surface area contributed by atoms with E-state index in [0.29, 0.717) is 12.0 Å². The van der Waals surface area contributed by atoms with Gasteiger partial charge in [-0.3, -0.25) is 15.1 Å². The van der Waals surface area contributed by atoms with Gasteiger partial charge in [0.2, 0.25) is 0 Å². The van der Waals surface area contributed by atoms with Crippen LogP contribution in [-0.4, -0.2) is 22.5 Å². The molecule has 1 heterocycles. The average molecular weight is 251 g/mol. The van der Waals surface area contributed by atoms with Gasteiger partial charge in [-0.1, -0.05) is 20.8 Å². The Morgan fingerprint density at radius 1 is 1.50 bits per heavy atom. The molecule has 1 N–H and O–H groups in total. The molecule has 100 valence electrons. The highest BCUT2D eigenvalue weighted by molar-refractivity contribution is 5.29. The van der Waals surface area contributed by atoms with E-state index < -0.39 is 0 Å². The van der Waals surface area contributed by atoms with Gasteiger partial charge in [-0.15, -0.1) is 0 Å². The molecule has 0 saturated heterocycles. The lowest BCUT2D eigenvalue weighted by Crippen LogP contribution is -2.36. The second kappa shape index (κ2) is 7.06. The van der Waals surface area contributed by atoms with E-state index in [1.165, 1.54) is 12.3 Å². The number of rotatable bonds is 7. The zero-order valence-corrected chi connectivity index (χ0v) is 11.2. The van der Waals surface area contributed by atoms with Crippen LogP contribution in [0.4, 0.5) is 5.69 Å². The summed E-state index contributed by atoms with van der Waals surface area (Å²) in [6.45, 7) is 7.36. The highest BCUT2D eigenvalue weighted by atomic mass is 16.6. The number of nitro groups is 1. The minimum absolute atomic E-state index is 0.109. The Bertz CT molecular complexity index is 394. The molecule has 18 heavy (non-hydrogen) atoms. The summed E-state index contributed by atoms with van der Waals surface area (Å²) in [6.07, 6.45) is 3.30. The largest absolute Gasteiger partial charge is 0.313 e. The Balaban J connectivity index is 2.73. The van der Waals surface area contributed by atoms with Gasteiger partial charge in [0.05, 0.1) is 4.92 Å². The number of aromatic nitrogens is 1. The van der Waals surface area contributed by atoms with Crippen LogP contribution in [0.25, 0.3) is 0 Å². The van der Waals surface area contributed by atoms with Crippen LogP contribution >= 0.6 is 0 Å². The second-order valence-corrected chi connectivity index (χ2v) is 4.77. The zero-order chi connectivity index (χ0) is 13.5. The minimum Gasteiger partial charge on any atom is -0.313 e. The molecular weight excluding hydrogens is 230 g/mol. The van der Waals surface area contributed by atoms with Crippen LogP contribution in [0.1, 0.15) is 32.9 Å². The van der Waals surface area contributed by atoms with Crippen molar-refractivity contribution in [1.29, 1.82) is 0 Å². The molecular formula is C13H21N3O2. The molecule has 1 aromatic rings. The third kappa shape index (κ3) is 4.41. The van der Waals surface area contributed by atoms with Crippen LogP contribution in [0.15, 0.2) is 18.3 Å². The number of hydrogen-bond donors (Lipinski definition) is 1. The molecule has 0 bridgehead atoms. The molecule has 1 rings (SSSR count). The van der Waals surface area contributed by atoms with E-state index >= 15 is 0 Å². The third-order valence-corrected chi connectivity index (χ3v) is 2.90. The molecule has 5 nitrogen and oxygen atoms in total. The van der Waals surface area contributed by atoms with Crippen molar-refractivity contribution in [3.8, 4) is 0 Å². The molecule has 1 unspecified atom stereocenters. The number of nitrogens with zero attached hydrogens (tertiary/aromatic N) is 2. The van der Waals surface area contributed by atoms with Crippen LogP contribution in [-0.2, 0) is 6.42 Å². The normalized spacial score (nSPS) is 12.7. The van der Waals surface area contributed by atoms with E-state index in [1.807, 2.05) is 0 Å². The molecule has 1 aromatic heterocycles. The Morgan fingerprint density at radius 2 is 2.22 bits per heavy atom. The molecule has 1 atom stereocenters.